The molecule has 3 atom stereocenters. The smallest absolute Gasteiger partial charge is 0.339 e. The molecule has 2 amide bonds. The van der Waals surface area contributed by atoms with Gasteiger partial charge in [-0.05, 0) is 0 Å². The van der Waals surface area contributed by atoms with Gasteiger partial charge < -0.3 is 25.9 Å². The average Bonchev–Trinajstić information content (AvgIpc) is 3.31. The van der Waals surface area contributed by atoms with E-state index < -0.39 is 45.7 Å². The third-order valence-corrected chi connectivity index (χ3v) is 8.93. The van der Waals surface area contributed by atoms with Crippen molar-refractivity contribution in [2.75, 3.05) is 30.4 Å². The Kier molecular flexibility index (Phi) is 7.75. The van der Waals surface area contributed by atoms with E-state index in [2.05, 4.69) is 35.8 Å². The van der Waals surface area contributed by atoms with Gasteiger partial charge in [-0.2, -0.15) is 14.3 Å². The molecule has 0 radical (unpaired) electrons. The number of H-pyrrole nitrogens is 1. The first-order valence-corrected chi connectivity index (χ1v) is 13.4. The second-order valence-electron chi connectivity index (χ2n) is 8.07. The van der Waals surface area contributed by atoms with Crippen molar-refractivity contribution < 1.29 is 24.3 Å². The van der Waals surface area contributed by atoms with Crippen LogP contribution in [0.1, 0.15) is 5.82 Å². The molecule has 19 heteroatoms. The van der Waals surface area contributed by atoms with Crippen molar-refractivity contribution in [1.82, 2.24) is 34.3 Å². The number of hydrogen-bond acceptors (Lipinski definition) is 14. The van der Waals surface area contributed by atoms with E-state index in [4.69, 9.17) is 17.0 Å². The predicted molar refractivity (Wildman–Crippen MR) is 136 cm³/mol. The van der Waals surface area contributed by atoms with E-state index in [0.29, 0.717) is 0 Å². The van der Waals surface area contributed by atoms with Gasteiger partial charge in [0.1, 0.15) is 16.8 Å². The number of nitrogens with zero attached hydrogens (tertiary/aromatic N) is 6. The van der Waals surface area contributed by atoms with Gasteiger partial charge in [0, 0.05) is 36.6 Å². The van der Waals surface area contributed by atoms with Crippen LogP contribution in [0.4, 0.5) is 5.13 Å². The molecule has 2 aromatic heterocycles. The van der Waals surface area contributed by atoms with E-state index in [1.807, 2.05) is 0 Å². The number of oxime groups is 1. The maximum atomic E-state index is 12.9. The van der Waals surface area contributed by atoms with Crippen molar-refractivity contribution in [3.8, 4) is 12.3 Å². The number of aryl methyl sites for hydroxylation is 1. The predicted octanol–water partition coefficient (Wildman–Crippen LogP) is -2.48. The topological polar surface area (TPSA) is 228 Å². The summed E-state index contributed by atoms with van der Waals surface area (Å²) >= 11 is 2.99. The fourth-order valence-corrected chi connectivity index (χ4v) is 6.77. The number of fused-ring (bicyclic) bond motifs is 1. The van der Waals surface area contributed by atoms with Crippen LogP contribution >= 0.6 is 35.1 Å². The number of nitrogen functional groups attached to an aromatic ring is 1. The summed E-state index contributed by atoms with van der Waals surface area (Å²) < 4.78 is 5.16. The van der Waals surface area contributed by atoms with Crippen LogP contribution in [0.15, 0.2) is 19.9 Å². The zero-order valence-electron chi connectivity index (χ0n) is 19.4. The van der Waals surface area contributed by atoms with E-state index in [1.54, 1.807) is 0 Å². The largest absolute Gasteiger partial charge is 0.481 e. The average molecular weight is 582 g/mol. The van der Waals surface area contributed by atoms with Crippen molar-refractivity contribution in [3.63, 3.8) is 0 Å². The third-order valence-electron chi connectivity index (χ3n) is 5.48. The molecule has 2 unspecified atom stereocenters. The first kappa shape index (κ1) is 27.2. The number of nitrogens with two attached hydrogens (primary N) is 1. The molecule has 2 aliphatic rings. The van der Waals surface area contributed by atoms with Gasteiger partial charge in [-0.1, -0.05) is 22.8 Å². The van der Waals surface area contributed by atoms with Crippen LogP contribution in [0.2, 0.25) is 0 Å². The van der Waals surface area contributed by atoms with E-state index in [9.17, 15) is 29.1 Å². The molecule has 5 N–H and O–H groups in total. The van der Waals surface area contributed by atoms with Crippen LogP contribution in [0.5, 0.6) is 0 Å². The number of carboxylic acid groups (broad SMARTS) is 1. The number of terminal acetylenes is 1. The minimum absolute atomic E-state index is 0.0323. The standard InChI is InChI=1S/C19H19N9O7S3/c1-3-4-35-25-8(10-22-17(20)38-26-10)11(29)21-9-14(32)28-5-19(16(33)34,6-36-15(9)28)7-37-18-23-12(30)13(31)24-27(18)2/h1,9,15H,4-7H2,2H3,(H,21,29)(H,24,31)(H,33,34)(H2,20,22,26)/t9?,15-,19?/m1/s1. The first-order chi connectivity index (χ1) is 18.1. The van der Waals surface area contributed by atoms with Gasteiger partial charge >= 0.3 is 17.1 Å². The fourth-order valence-electron chi connectivity index (χ4n) is 3.56. The van der Waals surface area contributed by atoms with Crippen molar-refractivity contribution in [2.24, 2.45) is 17.6 Å². The van der Waals surface area contributed by atoms with Crippen molar-refractivity contribution >= 4 is 63.7 Å². The van der Waals surface area contributed by atoms with Gasteiger partial charge in [0.25, 0.3) is 5.91 Å². The lowest BCUT2D eigenvalue weighted by Crippen LogP contribution is -2.74. The molecule has 16 nitrogen and oxygen atoms in total. The van der Waals surface area contributed by atoms with Crippen LogP contribution < -0.4 is 22.2 Å². The van der Waals surface area contributed by atoms with Gasteiger partial charge in [0.2, 0.25) is 17.4 Å². The summed E-state index contributed by atoms with van der Waals surface area (Å²) in [5.41, 5.74) is 2.00. The fraction of sp³-hybridized carbons (Fsp3) is 0.421. The molecule has 2 aromatic rings. The molecule has 2 aliphatic heterocycles. The van der Waals surface area contributed by atoms with Crippen molar-refractivity contribution in [3.05, 3.63) is 26.5 Å². The lowest BCUT2D eigenvalue weighted by molar-refractivity contribution is -0.157. The zero-order chi connectivity index (χ0) is 27.6. The van der Waals surface area contributed by atoms with E-state index in [0.717, 1.165) is 23.3 Å². The number of anilines is 1. The summed E-state index contributed by atoms with van der Waals surface area (Å²) in [5, 5.41) is 18.2. The van der Waals surface area contributed by atoms with Gasteiger partial charge in [0.05, 0.1) is 0 Å². The van der Waals surface area contributed by atoms with Crippen molar-refractivity contribution in [1.29, 1.82) is 0 Å². The summed E-state index contributed by atoms with van der Waals surface area (Å²) in [7, 11) is 1.46. The normalized spacial score (nSPS) is 22.7. The molecule has 0 bridgehead atoms. The number of carboxylic acids is 1. The number of aliphatic carboxylic acids is 1. The van der Waals surface area contributed by atoms with E-state index in [1.165, 1.54) is 28.4 Å². The number of hydrogen-bond donors (Lipinski definition) is 4. The Bertz CT molecular complexity index is 1480. The minimum atomic E-state index is -1.37. The molecule has 4 rings (SSSR count). The second-order valence-corrected chi connectivity index (χ2v) is 10.9. The Morgan fingerprint density at radius 2 is 2.18 bits per heavy atom. The number of carbonyl (C=O) groups excluding carboxylic acids is 2. The number of β-lactam (4-membered cyclic amide) rings is 1. The first-order valence-electron chi connectivity index (χ1n) is 10.6. The number of aromatic nitrogens is 5. The Labute approximate surface area is 225 Å². The van der Waals surface area contributed by atoms with E-state index >= 15 is 0 Å². The molecule has 2 saturated heterocycles. The summed E-state index contributed by atoms with van der Waals surface area (Å²) in [6.45, 7) is -0.352. The lowest BCUT2D eigenvalue weighted by Gasteiger charge is -2.53. The van der Waals surface area contributed by atoms with Gasteiger partial charge in [-0.3, -0.25) is 33.8 Å². The molecule has 200 valence electrons. The van der Waals surface area contributed by atoms with Crippen LogP contribution in [-0.4, -0.2) is 93.7 Å². The summed E-state index contributed by atoms with van der Waals surface area (Å²) in [6.07, 6.45) is 5.13. The molecular weight excluding hydrogens is 562 g/mol. The van der Waals surface area contributed by atoms with Crippen LogP contribution in [0.3, 0.4) is 0 Å². The number of aromatic amines is 1. The highest BCUT2D eigenvalue weighted by Crippen LogP contribution is 2.44. The summed E-state index contributed by atoms with van der Waals surface area (Å²) in [5.74, 6) is -0.265. The third kappa shape index (κ3) is 5.23. The SMILES string of the molecule is C#CCON=C(C(=O)NC1C(=O)N2CC(CSc3nc(=O)c(=O)[nH]n3C)(C(=O)O)CS[C@H]12)c1nsc(N)n1. The van der Waals surface area contributed by atoms with Crippen LogP contribution in [0, 0.1) is 17.8 Å². The highest BCUT2D eigenvalue weighted by Gasteiger charge is 2.57. The molecular formula is C19H19N9O7S3. The molecule has 0 spiro atoms. The minimum Gasteiger partial charge on any atom is -0.481 e. The van der Waals surface area contributed by atoms with Crippen molar-refractivity contribution in [2.45, 2.75) is 16.6 Å². The lowest BCUT2D eigenvalue weighted by atomic mass is 9.89. The Balaban J connectivity index is 1.45. The number of thioether (sulfide) groups is 2. The maximum Gasteiger partial charge on any atom is 0.339 e. The van der Waals surface area contributed by atoms with Gasteiger partial charge in [-0.15, -0.1) is 18.2 Å². The molecule has 0 aliphatic carbocycles. The van der Waals surface area contributed by atoms with Crippen LogP contribution in [0.25, 0.3) is 0 Å². The number of nitrogens with one attached hydrogen (secondary N) is 2. The molecule has 38 heavy (non-hydrogen) atoms. The Morgan fingerprint density at radius 3 is 2.84 bits per heavy atom. The number of amides is 2. The maximum absolute atomic E-state index is 12.9. The monoisotopic (exact) mass is 581 g/mol. The number of carbonyl (C=O) groups is 3. The Morgan fingerprint density at radius 1 is 1.42 bits per heavy atom. The van der Waals surface area contributed by atoms with Gasteiger partial charge in [0.15, 0.2) is 16.9 Å². The summed E-state index contributed by atoms with van der Waals surface area (Å²) in [4.78, 5) is 75.0. The number of rotatable bonds is 9. The zero-order valence-corrected chi connectivity index (χ0v) is 21.9. The quantitative estimate of drug-likeness (QED) is 0.0458. The van der Waals surface area contributed by atoms with Crippen LogP contribution in [-0.2, 0) is 26.3 Å². The highest BCUT2D eigenvalue weighted by atomic mass is 32.2. The highest BCUT2D eigenvalue weighted by molar-refractivity contribution is 8.00. The molecule has 4 heterocycles. The van der Waals surface area contributed by atoms with Gasteiger partial charge in [-0.25, -0.2) is 0 Å². The second kappa shape index (κ2) is 10.8. The molecule has 0 aromatic carbocycles. The Hall–Kier alpha value is -3.89. The summed E-state index contributed by atoms with van der Waals surface area (Å²) in [6, 6.07) is -0.956. The van der Waals surface area contributed by atoms with E-state index in [-0.39, 0.29) is 46.5 Å². The molecule has 0 saturated carbocycles. The molecule has 2 fully saturated rings.